The third-order valence-corrected chi connectivity index (χ3v) is 8.41. The topological polar surface area (TPSA) is 110 Å². The highest BCUT2D eigenvalue weighted by atomic mass is 79.9. The Labute approximate surface area is 223 Å². The van der Waals surface area contributed by atoms with E-state index >= 15 is 0 Å². The van der Waals surface area contributed by atoms with Crippen LogP contribution in [-0.4, -0.2) is 53.1 Å². The number of likely N-dealkylation sites (tertiary alicyclic amines) is 1. The number of carbonyl (C=O) groups is 4. The summed E-state index contributed by atoms with van der Waals surface area (Å²) < 4.78 is 11.4. The average Bonchev–Trinajstić information content (AvgIpc) is 3.10. The van der Waals surface area contributed by atoms with Gasteiger partial charge < -0.3 is 14.6 Å². The molecule has 0 radical (unpaired) electrons. The van der Waals surface area contributed by atoms with Gasteiger partial charge in [-0.25, -0.2) is 0 Å². The minimum atomic E-state index is -0.750. The largest absolute Gasteiger partial charge is 0.508 e. The molecule has 5 rings (SSSR count). The Morgan fingerprint density at radius 1 is 1.00 bits per heavy atom. The molecule has 37 heavy (non-hydrogen) atoms. The molecule has 0 aromatic heterocycles. The number of amides is 2. The third-order valence-electron chi connectivity index (χ3n) is 7.82. The molecule has 0 bridgehead atoms. The number of Topliss-reactive ketones (excluding diaryl/α,β-unsaturated/α-hetero) is 1. The summed E-state index contributed by atoms with van der Waals surface area (Å²) in [4.78, 5) is 55.3. The van der Waals surface area contributed by atoms with Crippen LogP contribution in [0.15, 0.2) is 45.5 Å². The van der Waals surface area contributed by atoms with E-state index in [1.165, 1.54) is 37.3 Å². The van der Waals surface area contributed by atoms with Crippen LogP contribution in [0.25, 0.3) is 0 Å². The van der Waals surface area contributed by atoms with E-state index < -0.39 is 29.2 Å². The smallest absolute Gasteiger partial charge is 0.234 e. The molecule has 1 fully saturated rings. The summed E-state index contributed by atoms with van der Waals surface area (Å²) in [5.41, 5.74) is 1.21. The fraction of sp³-hybridized carbons (Fsp3) is 0.429. The number of carbonyl (C=O) groups excluding carboxylic acids is 4. The summed E-state index contributed by atoms with van der Waals surface area (Å²) in [6.07, 6.45) is 3.73. The Hall–Kier alpha value is -3.20. The molecule has 194 valence electrons. The second kappa shape index (κ2) is 8.68. The van der Waals surface area contributed by atoms with E-state index in [4.69, 9.17) is 9.47 Å². The van der Waals surface area contributed by atoms with Gasteiger partial charge in [-0.2, -0.15) is 0 Å². The molecule has 4 aliphatic rings. The van der Waals surface area contributed by atoms with Gasteiger partial charge in [-0.3, -0.25) is 24.1 Å². The zero-order chi connectivity index (χ0) is 27.0. The normalized spacial score (nSPS) is 27.5. The number of fused-ring (bicyclic) bond motifs is 3. The number of rotatable bonds is 3. The minimum absolute atomic E-state index is 0.0808. The van der Waals surface area contributed by atoms with Crippen molar-refractivity contribution in [1.29, 1.82) is 0 Å². The minimum Gasteiger partial charge on any atom is -0.508 e. The first-order chi connectivity index (χ1) is 17.4. The lowest BCUT2D eigenvalue weighted by Crippen LogP contribution is -2.46. The molecule has 9 heteroatoms. The van der Waals surface area contributed by atoms with Gasteiger partial charge in [0.05, 0.1) is 30.5 Å². The fourth-order valence-corrected chi connectivity index (χ4v) is 6.86. The number of phenols is 1. The Morgan fingerprint density at radius 2 is 1.62 bits per heavy atom. The van der Waals surface area contributed by atoms with Gasteiger partial charge in [-0.1, -0.05) is 11.6 Å². The monoisotopic (exact) mass is 569 g/mol. The van der Waals surface area contributed by atoms with Crippen molar-refractivity contribution >= 4 is 39.3 Å². The summed E-state index contributed by atoms with van der Waals surface area (Å²) in [6, 6.07) is 2.86. The molecule has 1 heterocycles. The first-order valence-corrected chi connectivity index (χ1v) is 12.9. The number of benzene rings is 1. The number of methoxy groups -OCH3 is 2. The number of nitrogens with zero attached hydrogens (tertiary/aromatic N) is 1. The summed E-state index contributed by atoms with van der Waals surface area (Å²) in [7, 11) is 2.90. The summed E-state index contributed by atoms with van der Waals surface area (Å²) >= 11 is 3.23. The van der Waals surface area contributed by atoms with Crippen molar-refractivity contribution in [3.63, 3.8) is 0 Å². The second-order valence-electron chi connectivity index (χ2n) is 10.8. The van der Waals surface area contributed by atoms with Crippen LogP contribution in [0.2, 0.25) is 0 Å². The first kappa shape index (κ1) is 25.4. The predicted octanol–water partition coefficient (Wildman–Crippen LogP) is 3.97. The van der Waals surface area contributed by atoms with Crippen LogP contribution < -0.4 is 9.47 Å². The molecule has 3 aliphatic carbocycles. The van der Waals surface area contributed by atoms with Gasteiger partial charge in [0.2, 0.25) is 11.8 Å². The van der Waals surface area contributed by atoms with Gasteiger partial charge in [-0.15, -0.1) is 0 Å². The van der Waals surface area contributed by atoms with E-state index in [1.54, 1.807) is 0 Å². The maximum Gasteiger partial charge on any atom is 0.234 e. The van der Waals surface area contributed by atoms with Gasteiger partial charge >= 0.3 is 0 Å². The fourth-order valence-electron chi connectivity index (χ4n) is 6.41. The number of aromatic hydroxyl groups is 1. The number of phenolic OH excluding ortho intramolecular Hbond substituents is 1. The van der Waals surface area contributed by atoms with Crippen molar-refractivity contribution in [2.24, 2.45) is 17.8 Å². The van der Waals surface area contributed by atoms with E-state index in [0.29, 0.717) is 23.1 Å². The zero-order valence-corrected chi connectivity index (χ0v) is 22.8. The molecule has 1 saturated heterocycles. The van der Waals surface area contributed by atoms with Gasteiger partial charge in [0, 0.05) is 46.4 Å². The standard InChI is InChI=1S/C28H28BrNO7/c1-28(2,3)30-26(34)14-7-6-13-15(21(14)27(30)35)10-16-22(18(32)11-17(29)25(16)33)23(13)24-19(36-4)8-12(31)9-20(24)37-5/h6,8-9,11,14-15,21,23,31H,7,10H2,1-5H3. The third kappa shape index (κ3) is 3.69. The number of imide groups is 1. The lowest BCUT2D eigenvalue weighted by molar-refractivity contribution is -0.145. The number of hydrogen-bond donors (Lipinski definition) is 1. The number of hydrogen-bond acceptors (Lipinski definition) is 7. The zero-order valence-electron chi connectivity index (χ0n) is 21.3. The molecular weight excluding hydrogens is 542 g/mol. The number of allylic oxidation sites excluding steroid dienone is 6. The van der Waals surface area contributed by atoms with Crippen LogP contribution in [0.1, 0.15) is 45.1 Å². The molecule has 0 saturated carbocycles. The summed E-state index contributed by atoms with van der Waals surface area (Å²) in [5.74, 6) is -3.00. The molecule has 4 atom stereocenters. The van der Waals surface area contributed by atoms with Crippen LogP contribution in [-0.2, 0) is 19.2 Å². The Kier molecular flexibility index (Phi) is 5.97. The van der Waals surface area contributed by atoms with E-state index in [-0.39, 0.29) is 51.5 Å². The van der Waals surface area contributed by atoms with Gasteiger partial charge in [0.25, 0.3) is 0 Å². The molecule has 1 aromatic rings. The van der Waals surface area contributed by atoms with E-state index in [1.807, 2.05) is 26.8 Å². The van der Waals surface area contributed by atoms with Crippen molar-refractivity contribution in [2.45, 2.75) is 45.1 Å². The molecule has 8 nitrogen and oxygen atoms in total. The molecule has 1 aromatic carbocycles. The van der Waals surface area contributed by atoms with E-state index in [0.717, 1.165) is 5.57 Å². The lowest BCUT2D eigenvalue weighted by atomic mass is 9.59. The van der Waals surface area contributed by atoms with Crippen molar-refractivity contribution in [2.75, 3.05) is 14.2 Å². The highest BCUT2D eigenvalue weighted by molar-refractivity contribution is 9.12. The predicted molar refractivity (Wildman–Crippen MR) is 137 cm³/mol. The second-order valence-corrected chi connectivity index (χ2v) is 11.7. The van der Waals surface area contributed by atoms with Crippen molar-refractivity contribution in [3.05, 3.63) is 51.0 Å². The highest BCUT2D eigenvalue weighted by Gasteiger charge is 2.58. The Balaban J connectivity index is 1.76. The molecule has 1 N–H and O–H groups in total. The lowest BCUT2D eigenvalue weighted by Gasteiger charge is -2.42. The van der Waals surface area contributed by atoms with E-state index in [2.05, 4.69) is 15.9 Å². The van der Waals surface area contributed by atoms with Crippen LogP contribution in [0.4, 0.5) is 0 Å². The van der Waals surface area contributed by atoms with E-state index in [9.17, 15) is 24.3 Å². The maximum absolute atomic E-state index is 13.8. The first-order valence-electron chi connectivity index (χ1n) is 12.1. The van der Waals surface area contributed by atoms with Crippen LogP contribution in [0, 0.1) is 17.8 Å². The van der Waals surface area contributed by atoms with Crippen LogP contribution in [0.3, 0.4) is 0 Å². The average molecular weight is 570 g/mol. The summed E-state index contributed by atoms with van der Waals surface area (Å²) in [5, 5.41) is 10.3. The van der Waals surface area contributed by atoms with Gasteiger partial charge in [0.15, 0.2) is 11.6 Å². The molecular formula is C28H28BrNO7. The van der Waals surface area contributed by atoms with Crippen molar-refractivity contribution < 1.29 is 33.8 Å². The van der Waals surface area contributed by atoms with Crippen LogP contribution >= 0.6 is 15.9 Å². The Bertz CT molecular complexity index is 1340. The SMILES string of the molecule is COc1cc(O)cc(OC)c1C1C2=CCC3C(=O)N(C(C)(C)C)C(=O)C3C2CC2=C1C(=O)C=C(Br)C2=O. The van der Waals surface area contributed by atoms with Gasteiger partial charge in [0.1, 0.15) is 17.2 Å². The van der Waals surface area contributed by atoms with Crippen molar-refractivity contribution in [3.8, 4) is 17.2 Å². The quantitative estimate of drug-likeness (QED) is 0.333. The molecule has 4 unspecified atom stereocenters. The number of ketones is 2. The molecule has 2 amide bonds. The van der Waals surface area contributed by atoms with Crippen molar-refractivity contribution in [1.82, 2.24) is 4.90 Å². The highest BCUT2D eigenvalue weighted by Crippen LogP contribution is 2.58. The maximum atomic E-state index is 13.8. The van der Waals surface area contributed by atoms with Crippen LogP contribution in [0.5, 0.6) is 17.2 Å². The molecule has 0 spiro atoms. The number of halogens is 1. The summed E-state index contributed by atoms with van der Waals surface area (Å²) in [6.45, 7) is 5.49. The Morgan fingerprint density at radius 3 is 2.19 bits per heavy atom. The number of ether oxygens (including phenoxy) is 2. The van der Waals surface area contributed by atoms with Gasteiger partial charge in [-0.05, 0) is 55.5 Å². The molecule has 1 aliphatic heterocycles.